The number of benzene rings is 1. The second-order valence-corrected chi connectivity index (χ2v) is 7.01. The van der Waals surface area contributed by atoms with Gasteiger partial charge >= 0.3 is 0 Å². The van der Waals surface area contributed by atoms with Crippen LogP contribution in [0.1, 0.15) is 23.6 Å². The number of hydrogen-bond donors (Lipinski definition) is 1. The van der Waals surface area contributed by atoms with Crippen molar-refractivity contribution >= 4 is 34.1 Å². The lowest BCUT2D eigenvalue weighted by Gasteiger charge is -2.18. The van der Waals surface area contributed by atoms with Gasteiger partial charge < -0.3 is 5.73 Å². The van der Waals surface area contributed by atoms with Gasteiger partial charge in [0.1, 0.15) is 29.6 Å². The van der Waals surface area contributed by atoms with E-state index < -0.39 is 5.56 Å². The molecule has 0 radical (unpaired) electrons. The molecule has 0 fully saturated rings. The van der Waals surface area contributed by atoms with Gasteiger partial charge in [-0.2, -0.15) is 15.8 Å². The van der Waals surface area contributed by atoms with E-state index in [1.54, 1.807) is 31.2 Å². The van der Waals surface area contributed by atoms with E-state index >= 15 is 0 Å². The Morgan fingerprint density at radius 2 is 1.89 bits per heavy atom. The van der Waals surface area contributed by atoms with E-state index in [0.29, 0.717) is 17.0 Å². The molecule has 0 amide bonds. The molecule has 0 bridgehead atoms. The van der Waals surface area contributed by atoms with Crippen molar-refractivity contribution in [1.29, 1.82) is 15.8 Å². The summed E-state index contributed by atoms with van der Waals surface area (Å²) >= 11 is 7.41. The smallest absolute Gasteiger partial charge is 0.265 e. The van der Waals surface area contributed by atoms with Crippen molar-refractivity contribution < 1.29 is 0 Å². The molecule has 0 aliphatic heterocycles. The molecule has 0 aliphatic carbocycles. The van der Waals surface area contributed by atoms with Crippen LogP contribution in [0.25, 0.3) is 10.6 Å². The van der Waals surface area contributed by atoms with E-state index in [-0.39, 0.29) is 32.4 Å². The lowest BCUT2D eigenvalue weighted by molar-refractivity contribution is 0.983. The number of aromatic nitrogens is 1. The highest BCUT2D eigenvalue weighted by atomic mass is 35.5. The fourth-order valence-electron chi connectivity index (χ4n) is 2.63. The normalized spacial score (nSPS) is 9.78. The standard InChI is InChI=1S/C19H14ClN5OS/c1-3-27-17(12(8-21)9-22)16-11(2)13(10-23)18(24)25(19(16)26)15-7-5-4-6-14(15)20/h4-7H,3,24H2,1-2H3. The zero-order valence-corrected chi connectivity index (χ0v) is 16.1. The molecule has 1 aromatic carbocycles. The monoisotopic (exact) mass is 395 g/mol. The van der Waals surface area contributed by atoms with Gasteiger partial charge in [0.2, 0.25) is 0 Å². The van der Waals surface area contributed by atoms with Crippen LogP contribution in [0.5, 0.6) is 0 Å². The van der Waals surface area contributed by atoms with Crippen LogP contribution >= 0.6 is 23.4 Å². The number of allylic oxidation sites excluding steroid dienone is 1. The highest BCUT2D eigenvalue weighted by Gasteiger charge is 2.24. The summed E-state index contributed by atoms with van der Waals surface area (Å²) in [5.41, 5.74) is 6.20. The Hall–Kier alpha value is -3.18. The zero-order chi connectivity index (χ0) is 20.1. The van der Waals surface area contributed by atoms with E-state index in [1.807, 2.05) is 25.1 Å². The van der Waals surface area contributed by atoms with E-state index in [1.165, 1.54) is 11.8 Å². The largest absolute Gasteiger partial charge is 0.384 e. The van der Waals surface area contributed by atoms with Crippen LogP contribution in [-0.4, -0.2) is 10.3 Å². The third-order valence-electron chi connectivity index (χ3n) is 3.84. The molecule has 1 aromatic heterocycles. The van der Waals surface area contributed by atoms with E-state index in [9.17, 15) is 20.6 Å². The minimum absolute atomic E-state index is 0.0480. The second-order valence-electron chi connectivity index (χ2n) is 5.32. The Morgan fingerprint density at radius 3 is 2.41 bits per heavy atom. The number of hydrogen-bond acceptors (Lipinski definition) is 6. The van der Waals surface area contributed by atoms with Crippen LogP contribution in [-0.2, 0) is 0 Å². The van der Waals surface area contributed by atoms with Crippen molar-refractivity contribution in [1.82, 2.24) is 4.57 Å². The van der Waals surface area contributed by atoms with Crippen molar-refractivity contribution in [3.05, 3.63) is 61.9 Å². The highest BCUT2D eigenvalue weighted by molar-refractivity contribution is 8.08. The molecule has 134 valence electrons. The Balaban J connectivity index is 3.09. The van der Waals surface area contributed by atoms with Crippen LogP contribution in [0, 0.1) is 40.9 Å². The van der Waals surface area contributed by atoms with Crippen molar-refractivity contribution in [3.8, 4) is 23.9 Å². The van der Waals surface area contributed by atoms with Gasteiger partial charge in [-0.05, 0) is 30.4 Å². The molecule has 0 saturated carbocycles. The number of rotatable bonds is 4. The third kappa shape index (κ3) is 3.55. The molecule has 2 aromatic rings. The number of nitrogen functional groups attached to an aromatic ring is 1. The minimum atomic E-state index is -0.545. The number of nitriles is 3. The number of nitrogens with zero attached hydrogens (tertiary/aromatic N) is 4. The third-order valence-corrected chi connectivity index (χ3v) is 5.14. The maximum absolute atomic E-state index is 13.3. The predicted octanol–water partition coefficient (Wildman–Crippen LogP) is 3.76. The topological polar surface area (TPSA) is 119 Å². The summed E-state index contributed by atoms with van der Waals surface area (Å²) in [6, 6.07) is 12.2. The van der Waals surface area contributed by atoms with Gasteiger partial charge in [-0.1, -0.05) is 30.7 Å². The molecule has 8 heteroatoms. The Morgan fingerprint density at radius 1 is 1.26 bits per heavy atom. The summed E-state index contributed by atoms with van der Waals surface area (Å²) in [6.45, 7) is 3.41. The number of para-hydroxylation sites is 1. The summed E-state index contributed by atoms with van der Waals surface area (Å²) in [7, 11) is 0. The number of nitrogens with two attached hydrogens (primary N) is 1. The molecule has 2 rings (SSSR count). The Labute approximate surface area is 165 Å². The van der Waals surface area contributed by atoms with Crippen LogP contribution in [0.15, 0.2) is 34.6 Å². The Bertz CT molecular complexity index is 1110. The molecule has 0 spiro atoms. The summed E-state index contributed by atoms with van der Waals surface area (Å²) in [6.07, 6.45) is 0. The van der Waals surface area contributed by atoms with Crippen molar-refractivity contribution in [2.75, 3.05) is 11.5 Å². The fraction of sp³-hybridized carbons (Fsp3) is 0.158. The molecular weight excluding hydrogens is 382 g/mol. The first-order chi connectivity index (χ1) is 12.9. The molecular formula is C19H14ClN5OS. The number of halogens is 1. The SMILES string of the molecule is CCSC(=C(C#N)C#N)c1c(C)c(C#N)c(N)n(-c2ccccc2Cl)c1=O. The molecule has 0 unspecified atom stereocenters. The molecule has 2 N–H and O–H groups in total. The van der Waals surface area contributed by atoms with Crippen molar-refractivity contribution in [2.45, 2.75) is 13.8 Å². The minimum Gasteiger partial charge on any atom is -0.384 e. The maximum Gasteiger partial charge on any atom is 0.265 e. The van der Waals surface area contributed by atoms with Crippen LogP contribution in [0.4, 0.5) is 5.82 Å². The first-order valence-electron chi connectivity index (χ1n) is 7.80. The van der Waals surface area contributed by atoms with Crippen LogP contribution < -0.4 is 11.3 Å². The summed E-state index contributed by atoms with van der Waals surface area (Å²) < 4.78 is 1.14. The molecule has 0 saturated heterocycles. The maximum atomic E-state index is 13.3. The van der Waals surface area contributed by atoms with Gasteiger partial charge in [0.25, 0.3) is 5.56 Å². The van der Waals surface area contributed by atoms with Gasteiger partial charge in [-0.3, -0.25) is 9.36 Å². The molecule has 6 nitrogen and oxygen atoms in total. The number of anilines is 1. The average molecular weight is 396 g/mol. The van der Waals surface area contributed by atoms with Crippen molar-refractivity contribution in [3.63, 3.8) is 0 Å². The van der Waals surface area contributed by atoms with Crippen LogP contribution in [0.2, 0.25) is 5.02 Å². The van der Waals surface area contributed by atoms with E-state index in [4.69, 9.17) is 17.3 Å². The van der Waals surface area contributed by atoms with E-state index in [0.717, 1.165) is 4.57 Å². The van der Waals surface area contributed by atoms with E-state index in [2.05, 4.69) is 0 Å². The molecule has 1 heterocycles. The zero-order valence-electron chi connectivity index (χ0n) is 14.6. The lowest BCUT2D eigenvalue weighted by Crippen LogP contribution is -2.27. The fourth-order valence-corrected chi connectivity index (χ4v) is 3.76. The predicted molar refractivity (Wildman–Crippen MR) is 107 cm³/mol. The summed E-state index contributed by atoms with van der Waals surface area (Å²) in [5, 5.41) is 28.5. The highest BCUT2D eigenvalue weighted by Crippen LogP contribution is 2.34. The molecule has 27 heavy (non-hydrogen) atoms. The first kappa shape index (κ1) is 20.1. The van der Waals surface area contributed by atoms with Gasteiger partial charge in [-0.15, -0.1) is 11.8 Å². The van der Waals surface area contributed by atoms with Crippen molar-refractivity contribution in [2.24, 2.45) is 0 Å². The van der Waals surface area contributed by atoms with Gasteiger partial charge in [0, 0.05) is 4.91 Å². The number of pyridine rings is 1. The molecule has 0 atom stereocenters. The second kappa shape index (κ2) is 8.47. The Kier molecular flexibility index (Phi) is 6.32. The van der Waals surface area contributed by atoms with Gasteiger partial charge in [0.05, 0.1) is 21.8 Å². The summed E-state index contributed by atoms with van der Waals surface area (Å²) in [5.74, 6) is 0.479. The first-order valence-corrected chi connectivity index (χ1v) is 9.16. The molecule has 0 aliphatic rings. The number of thioether (sulfide) groups is 1. The lowest BCUT2D eigenvalue weighted by atomic mass is 10.0. The quantitative estimate of drug-likeness (QED) is 0.787. The average Bonchev–Trinajstić information content (AvgIpc) is 2.64. The van der Waals surface area contributed by atoms with Crippen LogP contribution in [0.3, 0.4) is 0 Å². The summed E-state index contributed by atoms with van der Waals surface area (Å²) in [4.78, 5) is 13.6. The van der Waals surface area contributed by atoms with Gasteiger partial charge in [0.15, 0.2) is 0 Å². The van der Waals surface area contributed by atoms with Gasteiger partial charge in [-0.25, -0.2) is 0 Å².